The zero-order valence-corrected chi connectivity index (χ0v) is 15.1. The van der Waals surface area contributed by atoms with Gasteiger partial charge in [-0.3, -0.25) is 0 Å². The Morgan fingerprint density at radius 3 is 1.48 bits per heavy atom. The molecule has 0 unspecified atom stereocenters. The monoisotopic (exact) mass is 360 g/mol. The fourth-order valence-electron chi connectivity index (χ4n) is 2.63. The van der Waals surface area contributed by atoms with Crippen molar-refractivity contribution in [2.75, 3.05) is 0 Å². The van der Waals surface area contributed by atoms with E-state index in [0.29, 0.717) is 11.1 Å². The number of aryl methyl sites for hydroxylation is 1. The number of carbonyl (C=O) groups is 2. The van der Waals surface area contributed by atoms with Gasteiger partial charge in [0.15, 0.2) is 0 Å². The lowest BCUT2D eigenvalue weighted by Gasteiger charge is -2.09. The second-order valence-corrected chi connectivity index (χ2v) is 6.21. The van der Waals surface area contributed by atoms with E-state index in [2.05, 4.69) is 0 Å². The van der Waals surface area contributed by atoms with E-state index in [0.717, 1.165) is 16.7 Å². The maximum absolute atomic E-state index is 12.4. The number of esters is 2. The Balaban J connectivity index is 1.66. The van der Waals surface area contributed by atoms with E-state index >= 15 is 0 Å². The minimum Gasteiger partial charge on any atom is -0.457 e. The fourth-order valence-corrected chi connectivity index (χ4v) is 2.63. The third-order valence-electron chi connectivity index (χ3n) is 3.97. The van der Waals surface area contributed by atoms with Crippen LogP contribution in [0.15, 0.2) is 78.9 Å². The summed E-state index contributed by atoms with van der Waals surface area (Å²) in [6, 6.07) is 23.8. The third kappa shape index (κ3) is 5.28. The highest BCUT2D eigenvalue weighted by Crippen LogP contribution is 2.14. The smallest absolute Gasteiger partial charge is 0.338 e. The topological polar surface area (TPSA) is 52.6 Å². The molecular formula is C23H20O4. The first-order valence-corrected chi connectivity index (χ1v) is 8.65. The summed E-state index contributed by atoms with van der Waals surface area (Å²) in [5.74, 6) is -0.945. The summed E-state index contributed by atoms with van der Waals surface area (Å²) >= 11 is 0. The van der Waals surface area contributed by atoms with Crippen LogP contribution < -0.4 is 0 Å². The molecule has 0 amide bonds. The van der Waals surface area contributed by atoms with Crippen LogP contribution in [-0.4, -0.2) is 11.9 Å². The minimum atomic E-state index is -0.473. The van der Waals surface area contributed by atoms with Gasteiger partial charge < -0.3 is 9.47 Å². The van der Waals surface area contributed by atoms with Crippen molar-refractivity contribution in [2.24, 2.45) is 0 Å². The van der Waals surface area contributed by atoms with Crippen LogP contribution in [0.2, 0.25) is 0 Å². The van der Waals surface area contributed by atoms with E-state index < -0.39 is 11.9 Å². The molecule has 27 heavy (non-hydrogen) atoms. The maximum Gasteiger partial charge on any atom is 0.338 e. The van der Waals surface area contributed by atoms with Gasteiger partial charge in [-0.2, -0.15) is 0 Å². The van der Waals surface area contributed by atoms with Crippen LogP contribution in [0.3, 0.4) is 0 Å². The van der Waals surface area contributed by atoms with Gasteiger partial charge in [0, 0.05) is 0 Å². The standard InChI is InChI=1S/C23H20O4/c1-17-12-20(22(24)26-15-18-8-4-2-5-9-18)14-21(13-17)23(25)27-16-19-10-6-3-7-11-19/h2-14H,15-16H2,1H3. The van der Waals surface area contributed by atoms with Gasteiger partial charge in [-0.05, 0) is 41.8 Å². The molecule has 136 valence electrons. The van der Waals surface area contributed by atoms with Crippen molar-refractivity contribution in [1.82, 2.24) is 0 Å². The average Bonchev–Trinajstić information content (AvgIpc) is 2.71. The van der Waals surface area contributed by atoms with Crippen LogP contribution in [0.1, 0.15) is 37.4 Å². The van der Waals surface area contributed by atoms with E-state index in [4.69, 9.17) is 9.47 Å². The van der Waals surface area contributed by atoms with Crippen LogP contribution >= 0.6 is 0 Å². The Labute approximate surface area is 158 Å². The first kappa shape index (κ1) is 18.4. The van der Waals surface area contributed by atoms with Crippen molar-refractivity contribution in [1.29, 1.82) is 0 Å². The highest BCUT2D eigenvalue weighted by atomic mass is 16.5. The second-order valence-electron chi connectivity index (χ2n) is 6.21. The number of rotatable bonds is 6. The fraction of sp³-hybridized carbons (Fsp3) is 0.130. The average molecular weight is 360 g/mol. The summed E-state index contributed by atoms with van der Waals surface area (Å²) in [6.45, 7) is 2.19. The Bertz CT molecular complexity index is 844. The molecule has 0 heterocycles. The van der Waals surface area contributed by atoms with E-state index in [9.17, 15) is 9.59 Å². The highest BCUT2D eigenvalue weighted by Gasteiger charge is 2.14. The lowest BCUT2D eigenvalue weighted by atomic mass is 10.1. The first-order chi connectivity index (χ1) is 13.1. The summed E-state index contributed by atoms with van der Waals surface area (Å²) in [6.07, 6.45) is 0. The van der Waals surface area contributed by atoms with Crippen molar-refractivity contribution in [3.8, 4) is 0 Å². The van der Waals surface area contributed by atoms with E-state index in [1.165, 1.54) is 6.07 Å². The predicted octanol–water partition coefficient (Wildman–Crippen LogP) is 4.71. The van der Waals surface area contributed by atoms with Crippen molar-refractivity contribution < 1.29 is 19.1 Å². The molecule has 4 heteroatoms. The molecule has 0 aliphatic rings. The van der Waals surface area contributed by atoms with Gasteiger partial charge in [0.2, 0.25) is 0 Å². The molecule has 0 saturated heterocycles. The Morgan fingerprint density at radius 1 is 0.667 bits per heavy atom. The molecule has 3 aromatic rings. The quantitative estimate of drug-likeness (QED) is 0.598. The minimum absolute atomic E-state index is 0.182. The molecule has 0 spiro atoms. The Kier molecular flexibility index (Phi) is 6.00. The van der Waals surface area contributed by atoms with Gasteiger partial charge in [-0.1, -0.05) is 60.7 Å². The molecule has 0 aliphatic heterocycles. The van der Waals surface area contributed by atoms with E-state index in [1.807, 2.05) is 67.6 Å². The molecule has 0 radical (unpaired) electrons. The number of hydrogen-bond donors (Lipinski definition) is 0. The number of hydrogen-bond acceptors (Lipinski definition) is 4. The number of ether oxygens (including phenoxy) is 2. The SMILES string of the molecule is Cc1cc(C(=O)OCc2ccccc2)cc(C(=O)OCc2ccccc2)c1. The lowest BCUT2D eigenvalue weighted by molar-refractivity contribution is 0.0470. The number of carbonyl (C=O) groups excluding carboxylic acids is 2. The van der Waals surface area contributed by atoms with Crippen molar-refractivity contribution in [2.45, 2.75) is 20.1 Å². The largest absolute Gasteiger partial charge is 0.457 e. The van der Waals surface area contributed by atoms with Crippen LogP contribution in [0, 0.1) is 6.92 Å². The van der Waals surface area contributed by atoms with Gasteiger partial charge in [-0.15, -0.1) is 0 Å². The zero-order chi connectivity index (χ0) is 19.1. The molecule has 0 bridgehead atoms. The van der Waals surface area contributed by atoms with Crippen molar-refractivity contribution in [3.05, 3.63) is 107 Å². The normalized spacial score (nSPS) is 10.3. The third-order valence-corrected chi connectivity index (χ3v) is 3.97. The van der Waals surface area contributed by atoms with E-state index in [-0.39, 0.29) is 13.2 Å². The molecule has 0 aliphatic carbocycles. The zero-order valence-electron chi connectivity index (χ0n) is 15.1. The molecule has 0 aromatic heterocycles. The maximum atomic E-state index is 12.4. The number of benzene rings is 3. The molecular weight excluding hydrogens is 340 g/mol. The van der Waals surface area contributed by atoms with E-state index in [1.54, 1.807) is 12.1 Å². The molecule has 3 aromatic carbocycles. The van der Waals surface area contributed by atoms with Crippen LogP contribution in [0.5, 0.6) is 0 Å². The van der Waals surface area contributed by atoms with Gasteiger partial charge in [-0.25, -0.2) is 9.59 Å². The van der Waals surface area contributed by atoms with Gasteiger partial charge in [0.05, 0.1) is 11.1 Å². The summed E-state index contributed by atoms with van der Waals surface area (Å²) in [5.41, 5.74) is 3.26. The molecule has 0 atom stereocenters. The van der Waals surface area contributed by atoms with Crippen LogP contribution in [0.4, 0.5) is 0 Å². The van der Waals surface area contributed by atoms with Gasteiger partial charge >= 0.3 is 11.9 Å². The predicted molar refractivity (Wildman–Crippen MR) is 102 cm³/mol. The molecule has 0 N–H and O–H groups in total. The van der Waals surface area contributed by atoms with Crippen molar-refractivity contribution in [3.63, 3.8) is 0 Å². The first-order valence-electron chi connectivity index (χ1n) is 8.65. The molecule has 0 fully saturated rings. The Morgan fingerprint density at radius 2 is 1.07 bits per heavy atom. The van der Waals surface area contributed by atoms with Crippen molar-refractivity contribution >= 4 is 11.9 Å². The summed E-state index contributed by atoms with van der Waals surface area (Å²) in [4.78, 5) is 24.7. The molecule has 4 nitrogen and oxygen atoms in total. The molecule has 3 rings (SSSR count). The second kappa shape index (κ2) is 8.81. The van der Waals surface area contributed by atoms with Crippen LogP contribution in [0.25, 0.3) is 0 Å². The summed E-state index contributed by atoms with van der Waals surface area (Å²) < 4.78 is 10.7. The van der Waals surface area contributed by atoms with Gasteiger partial charge in [0.1, 0.15) is 13.2 Å². The summed E-state index contributed by atoms with van der Waals surface area (Å²) in [5, 5.41) is 0. The molecule has 0 saturated carbocycles. The van der Waals surface area contributed by atoms with Crippen LogP contribution in [-0.2, 0) is 22.7 Å². The summed E-state index contributed by atoms with van der Waals surface area (Å²) in [7, 11) is 0. The highest BCUT2D eigenvalue weighted by molar-refractivity contribution is 5.95. The lowest BCUT2D eigenvalue weighted by Crippen LogP contribution is -2.10. The Hall–Kier alpha value is -3.40. The van der Waals surface area contributed by atoms with Gasteiger partial charge in [0.25, 0.3) is 0 Å².